The molecule has 0 unspecified atom stereocenters. The van der Waals surface area contributed by atoms with Crippen molar-refractivity contribution in [2.24, 2.45) is 0 Å². The summed E-state index contributed by atoms with van der Waals surface area (Å²) in [4.78, 5) is 12.5. The first-order valence-corrected chi connectivity index (χ1v) is 7.98. The molecule has 0 fully saturated rings. The van der Waals surface area contributed by atoms with Crippen LogP contribution in [-0.4, -0.2) is 20.8 Å². The van der Waals surface area contributed by atoms with E-state index in [0.29, 0.717) is 17.8 Å². The summed E-state index contributed by atoms with van der Waals surface area (Å²) in [5.41, 5.74) is 3.09. The number of hydrogen-bond acceptors (Lipinski definition) is 4. The molecule has 6 heteroatoms. The van der Waals surface area contributed by atoms with Crippen LogP contribution in [0.1, 0.15) is 11.3 Å². The average molecular weight is 332 g/mol. The van der Waals surface area contributed by atoms with Gasteiger partial charge in [-0.15, -0.1) is 0 Å². The Morgan fingerprint density at radius 2 is 1.92 bits per heavy atom. The lowest BCUT2D eigenvalue weighted by atomic mass is 10.1. The zero-order valence-electron chi connectivity index (χ0n) is 13.4. The summed E-state index contributed by atoms with van der Waals surface area (Å²) in [5.74, 6) is -0.132. The maximum atomic E-state index is 12.5. The average Bonchev–Trinajstić information content (AvgIpc) is 3.27. The first-order chi connectivity index (χ1) is 12.3. The van der Waals surface area contributed by atoms with Crippen LogP contribution in [0.3, 0.4) is 0 Å². The van der Waals surface area contributed by atoms with Gasteiger partial charge >= 0.3 is 0 Å². The summed E-state index contributed by atoms with van der Waals surface area (Å²) < 4.78 is 7.07. The topological polar surface area (TPSA) is 73.0 Å². The third-order valence-electron chi connectivity index (χ3n) is 3.96. The van der Waals surface area contributed by atoms with Gasteiger partial charge in [0, 0.05) is 23.5 Å². The number of hydrogen-bond donors (Lipinski definition) is 1. The maximum Gasteiger partial charge on any atom is 0.230 e. The van der Waals surface area contributed by atoms with Crippen LogP contribution in [0.2, 0.25) is 0 Å². The molecule has 0 atom stereocenters. The van der Waals surface area contributed by atoms with Crippen LogP contribution in [0.15, 0.2) is 71.5 Å². The van der Waals surface area contributed by atoms with E-state index in [1.807, 2.05) is 65.5 Å². The minimum atomic E-state index is -0.132. The molecule has 6 nitrogen and oxygen atoms in total. The molecule has 0 bridgehead atoms. The molecule has 2 aromatic carbocycles. The zero-order valence-corrected chi connectivity index (χ0v) is 13.4. The Kier molecular flexibility index (Phi) is 4.00. The highest BCUT2D eigenvalue weighted by atomic mass is 16.5. The molecule has 2 aromatic heterocycles. The maximum absolute atomic E-state index is 12.5. The Bertz CT molecular complexity index is 1010. The van der Waals surface area contributed by atoms with Crippen LogP contribution in [0, 0.1) is 0 Å². The quantitative estimate of drug-likeness (QED) is 0.609. The molecule has 4 aromatic rings. The molecule has 0 spiro atoms. The van der Waals surface area contributed by atoms with E-state index in [-0.39, 0.29) is 12.3 Å². The second-order valence-corrected chi connectivity index (χ2v) is 5.71. The van der Waals surface area contributed by atoms with Crippen molar-refractivity contribution >= 4 is 22.6 Å². The van der Waals surface area contributed by atoms with Crippen molar-refractivity contribution in [3.05, 3.63) is 78.2 Å². The Morgan fingerprint density at radius 3 is 2.80 bits per heavy atom. The molecular formula is C19H16N4O2. The molecule has 1 amide bonds. The molecule has 4 rings (SSSR count). The molecule has 1 N–H and O–H groups in total. The van der Waals surface area contributed by atoms with Crippen molar-refractivity contribution in [1.29, 1.82) is 0 Å². The number of anilines is 1. The highest BCUT2D eigenvalue weighted by Crippen LogP contribution is 2.20. The van der Waals surface area contributed by atoms with Gasteiger partial charge in [-0.25, -0.2) is 0 Å². The summed E-state index contributed by atoms with van der Waals surface area (Å²) in [6, 6.07) is 17.1. The number of para-hydroxylation sites is 2. The van der Waals surface area contributed by atoms with E-state index < -0.39 is 0 Å². The van der Waals surface area contributed by atoms with Crippen LogP contribution in [0.25, 0.3) is 11.0 Å². The van der Waals surface area contributed by atoms with Crippen LogP contribution in [0.5, 0.6) is 0 Å². The second kappa shape index (κ2) is 6.60. The Balaban J connectivity index is 1.51. The van der Waals surface area contributed by atoms with Crippen molar-refractivity contribution in [3.63, 3.8) is 0 Å². The summed E-state index contributed by atoms with van der Waals surface area (Å²) in [5, 5.41) is 12.0. The number of benzene rings is 2. The molecular weight excluding hydrogens is 316 g/mol. The normalized spacial score (nSPS) is 10.9. The number of nitrogens with one attached hydrogen (secondary N) is 1. The molecule has 124 valence electrons. The van der Waals surface area contributed by atoms with E-state index in [2.05, 4.69) is 15.6 Å². The van der Waals surface area contributed by atoms with Crippen LogP contribution in [-0.2, 0) is 17.8 Å². The largest absolute Gasteiger partial charge is 0.356 e. The fraction of sp³-hybridized carbons (Fsp3) is 0.105. The minimum absolute atomic E-state index is 0.132. The Labute approximate surface area is 144 Å². The zero-order chi connectivity index (χ0) is 17.1. The lowest BCUT2D eigenvalue weighted by Gasteiger charge is -2.11. The fourth-order valence-corrected chi connectivity index (χ4v) is 2.76. The number of carbonyl (C=O) groups excluding carboxylic acids is 1. The second-order valence-electron chi connectivity index (χ2n) is 5.71. The number of carbonyl (C=O) groups is 1. The van der Waals surface area contributed by atoms with Gasteiger partial charge in [0.2, 0.25) is 5.91 Å². The Morgan fingerprint density at radius 1 is 1.08 bits per heavy atom. The summed E-state index contributed by atoms with van der Waals surface area (Å²) in [6.45, 7) is 0.594. The van der Waals surface area contributed by atoms with Gasteiger partial charge in [0.15, 0.2) is 5.58 Å². The SMILES string of the molecule is O=C(Cc1noc2ccccc12)Nc1ccccc1Cn1cccn1. The Hall–Kier alpha value is -3.41. The molecule has 2 heterocycles. The van der Waals surface area contributed by atoms with Crippen molar-refractivity contribution in [3.8, 4) is 0 Å². The summed E-state index contributed by atoms with van der Waals surface area (Å²) in [6.07, 6.45) is 3.78. The van der Waals surface area contributed by atoms with Gasteiger partial charge in [0.1, 0.15) is 5.69 Å². The fourth-order valence-electron chi connectivity index (χ4n) is 2.76. The van der Waals surface area contributed by atoms with Crippen molar-refractivity contribution in [2.45, 2.75) is 13.0 Å². The van der Waals surface area contributed by atoms with E-state index >= 15 is 0 Å². The number of aromatic nitrogens is 3. The highest BCUT2D eigenvalue weighted by Gasteiger charge is 2.13. The van der Waals surface area contributed by atoms with E-state index in [1.54, 1.807) is 6.20 Å². The lowest BCUT2D eigenvalue weighted by Crippen LogP contribution is -2.16. The smallest absolute Gasteiger partial charge is 0.230 e. The number of rotatable bonds is 5. The van der Waals surface area contributed by atoms with Crippen molar-refractivity contribution < 1.29 is 9.32 Å². The van der Waals surface area contributed by atoms with Gasteiger partial charge in [-0.1, -0.05) is 35.5 Å². The first kappa shape index (κ1) is 15.1. The van der Waals surface area contributed by atoms with Crippen LogP contribution >= 0.6 is 0 Å². The molecule has 0 radical (unpaired) electrons. The molecule has 25 heavy (non-hydrogen) atoms. The summed E-state index contributed by atoms with van der Waals surface area (Å²) in [7, 11) is 0. The molecule has 0 aliphatic carbocycles. The minimum Gasteiger partial charge on any atom is -0.356 e. The molecule has 0 saturated heterocycles. The third kappa shape index (κ3) is 3.28. The van der Waals surface area contributed by atoms with Crippen molar-refractivity contribution in [1.82, 2.24) is 14.9 Å². The lowest BCUT2D eigenvalue weighted by molar-refractivity contribution is -0.115. The van der Waals surface area contributed by atoms with Gasteiger partial charge in [0.05, 0.1) is 13.0 Å². The van der Waals surface area contributed by atoms with E-state index in [4.69, 9.17) is 4.52 Å². The first-order valence-electron chi connectivity index (χ1n) is 7.98. The van der Waals surface area contributed by atoms with E-state index in [1.165, 1.54) is 0 Å². The molecule has 0 saturated carbocycles. The van der Waals surface area contributed by atoms with Gasteiger partial charge in [-0.05, 0) is 29.8 Å². The van der Waals surface area contributed by atoms with Crippen LogP contribution < -0.4 is 5.32 Å². The number of fused-ring (bicyclic) bond motifs is 1. The van der Waals surface area contributed by atoms with Gasteiger partial charge in [-0.2, -0.15) is 5.10 Å². The third-order valence-corrected chi connectivity index (χ3v) is 3.96. The van der Waals surface area contributed by atoms with E-state index in [0.717, 1.165) is 16.6 Å². The monoisotopic (exact) mass is 332 g/mol. The van der Waals surface area contributed by atoms with Crippen molar-refractivity contribution in [2.75, 3.05) is 5.32 Å². The number of nitrogens with zero attached hydrogens (tertiary/aromatic N) is 3. The van der Waals surface area contributed by atoms with Gasteiger partial charge < -0.3 is 9.84 Å². The standard InChI is InChI=1S/C19H16N4O2/c24-19(12-17-15-7-2-4-9-18(15)25-22-17)21-16-8-3-1-6-14(16)13-23-11-5-10-20-23/h1-11H,12-13H2,(H,21,24). The molecule has 0 aliphatic heterocycles. The van der Waals surface area contributed by atoms with Gasteiger partial charge in [0.25, 0.3) is 0 Å². The van der Waals surface area contributed by atoms with Crippen LogP contribution in [0.4, 0.5) is 5.69 Å². The predicted molar refractivity (Wildman–Crippen MR) is 94.1 cm³/mol. The number of amides is 1. The van der Waals surface area contributed by atoms with E-state index in [9.17, 15) is 4.79 Å². The summed E-state index contributed by atoms with van der Waals surface area (Å²) >= 11 is 0. The predicted octanol–water partition coefficient (Wildman–Crippen LogP) is 3.25. The highest BCUT2D eigenvalue weighted by molar-refractivity contribution is 5.95. The van der Waals surface area contributed by atoms with Gasteiger partial charge in [-0.3, -0.25) is 9.48 Å². The molecule has 0 aliphatic rings.